The second kappa shape index (κ2) is 5.89. The third-order valence-corrected chi connectivity index (χ3v) is 3.81. The monoisotopic (exact) mass is 315 g/mol. The first-order valence-corrected chi connectivity index (χ1v) is 6.91. The lowest BCUT2D eigenvalue weighted by molar-refractivity contribution is -0.128. The van der Waals surface area contributed by atoms with Crippen molar-refractivity contribution in [1.29, 1.82) is 0 Å². The highest BCUT2D eigenvalue weighted by Crippen LogP contribution is 2.53. The lowest BCUT2D eigenvalue weighted by Crippen LogP contribution is -2.45. The molecule has 0 radical (unpaired) electrons. The molecule has 20 heavy (non-hydrogen) atoms. The highest BCUT2D eigenvalue weighted by molar-refractivity contribution is 6.52. The summed E-state index contributed by atoms with van der Waals surface area (Å²) in [5, 5.41) is 2.94. The molecule has 1 aliphatic carbocycles. The van der Waals surface area contributed by atoms with E-state index in [1.165, 1.54) is 0 Å². The Morgan fingerprint density at radius 1 is 1.25 bits per heavy atom. The normalized spacial score (nSPS) is 19.1. The Balaban J connectivity index is 1.68. The second-order valence-corrected chi connectivity index (χ2v) is 6.32. The number of hydrazine groups is 1. The number of anilines is 1. The summed E-state index contributed by atoms with van der Waals surface area (Å²) in [5.74, 6) is -1.19. The number of carbonyl (C=O) groups is 2. The van der Waals surface area contributed by atoms with Crippen molar-refractivity contribution in [3.8, 4) is 0 Å². The predicted molar refractivity (Wildman–Crippen MR) is 78.5 cm³/mol. The van der Waals surface area contributed by atoms with Crippen LogP contribution in [-0.4, -0.2) is 22.7 Å². The minimum atomic E-state index is -0.991. The summed E-state index contributed by atoms with van der Waals surface area (Å²) in [4.78, 5) is 23.1. The first-order chi connectivity index (χ1) is 9.38. The summed E-state index contributed by atoms with van der Waals surface area (Å²) < 4.78 is -0.991. The van der Waals surface area contributed by atoms with E-state index in [-0.39, 0.29) is 18.4 Å². The zero-order valence-electron chi connectivity index (χ0n) is 10.9. The molecule has 2 amide bonds. The summed E-state index contributed by atoms with van der Waals surface area (Å²) in [5.41, 5.74) is 6.58. The summed E-state index contributed by atoms with van der Waals surface area (Å²) >= 11 is 11.5. The third-order valence-electron chi connectivity index (χ3n) is 2.97. The average molecular weight is 316 g/mol. The molecule has 7 heteroatoms. The van der Waals surface area contributed by atoms with Crippen molar-refractivity contribution in [2.75, 3.05) is 11.9 Å². The molecular weight excluding hydrogens is 301 g/mol. The van der Waals surface area contributed by atoms with Crippen molar-refractivity contribution >= 4 is 40.7 Å². The molecule has 0 aromatic heterocycles. The Bertz CT molecular complexity index is 517. The largest absolute Gasteiger partial charge is 0.376 e. The van der Waals surface area contributed by atoms with Crippen LogP contribution in [0.5, 0.6) is 0 Å². The van der Waals surface area contributed by atoms with Gasteiger partial charge in [-0.1, -0.05) is 17.7 Å². The van der Waals surface area contributed by atoms with Gasteiger partial charge < -0.3 is 5.32 Å². The van der Waals surface area contributed by atoms with E-state index < -0.39 is 10.3 Å². The maximum absolute atomic E-state index is 11.5. The number of rotatable bonds is 4. The van der Waals surface area contributed by atoms with Gasteiger partial charge in [0.2, 0.25) is 5.91 Å². The van der Waals surface area contributed by atoms with Crippen molar-refractivity contribution in [3.63, 3.8) is 0 Å². The maximum Gasteiger partial charge on any atom is 0.257 e. The van der Waals surface area contributed by atoms with Gasteiger partial charge in [0.25, 0.3) is 5.91 Å². The van der Waals surface area contributed by atoms with E-state index in [4.69, 9.17) is 23.2 Å². The number of alkyl halides is 2. The first-order valence-electron chi connectivity index (χ1n) is 6.15. The number of carbonyl (C=O) groups excluding carboxylic acids is 2. The second-order valence-electron chi connectivity index (χ2n) is 4.77. The van der Waals surface area contributed by atoms with Crippen LogP contribution in [0.2, 0.25) is 0 Å². The smallest absolute Gasteiger partial charge is 0.257 e. The molecule has 1 unspecified atom stereocenters. The number of hydrogen-bond acceptors (Lipinski definition) is 3. The summed E-state index contributed by atoms with van der Waals surface area (Å²) in [6.07, 6.45) is 0.402. The van der Waals surface area contributed by atoms with Gasteiger partial charge in [0.05, 0.1) is 12.5 Å². The molecule has 0 spiro atoms. The predicted octanol–water partition coefficient (Wildman–Crippen LogP) is 1.75. The number of nitrogens with one attached hydrogen (secondary N) is 3. The topological polar surface area (TPSA) is 70.2 Å². The lowest BCUT2D eigenvalue weighted by atomic mass is 10.2. The maximum atomic E-state index is 11.5. The number of benzene rings is 1. The molecule has 0 bridgehead atoms. The van der Waals surface area contributed by atoms with Crippen LogP contribution in [0.25, 0.3) is 0 Å². The molecule has 0 aliphatic heterocycles. The van der Waals surface area contributed by atoms with E-state index in [2.05, 4.69) is 16.2 Å². The Morgan fingerprint density at radius 2 is 1.85 bits per heavy atom. The van der Waals surface area contributed by atoms with Gasteiger partial charge in [0, 0.05) is 5.69 Å². The minimum absolute atomic E-state index is 0.0564. The summed E-state index contributed by atoms with van der Waals surface area (Å²) in [6.45, 7) is 2.04. The highest BCUT2D eigenvalue weighted by Gasteiger charge is 2.56. The van der Waals surface area contributed by atoms with Crippen molar-refractivity contribution in [3.05, 3.63) is 29.8 Å². The molecule has 2 rings (SSSR count). The third kappa shape index (κ3) is 4.02. The van der Waals surface area contributed by atoms with Gasteiger partial charge in [-0.05, 0) is 25.5 Å². The van der Waals surface area contributed by atoms with Crippen molar-refractivity contribution < 1.29 is 9.59 Å². The minimum Gasteiger partial charge on any atom is -0.376 e. The molecule has 1 atom stereocenters. The molecule has 1 fully saturated rings. The molecule has 3 N–H and O–H groups in total. The average Bonchev–Trinajstić information content (AvgIpc) is 3.04. The van der Waals surface area contributed by atoms with Crippen LogP contribution in [0.4, 0.5) is 5.69 Å². The molecule has 1 saturated carbocycles. The van der Waals surface area contributed by atoms with E-state index in [1.54, 1.807) is 0 Å². The van der Waals surface area contributed by atoms with E-state index in [0.29, 0.717) is 6.42 Å². The van der Waals surface area contributed by atoms with Gasteiger partial charge in [0.15, 0.2) is 0 Å². The zero-order valence-corrected chi connectivity index (χ0v) is 12.4. The fraction of sp³-hybridized carbons (Fsp3) is 0.385. The fourth-order valence-electron chi connectivity index (χ4n) is 1.61. The standard InChI is InChI=1S/C13H15Cl2N3O2/c1-8-2-4-9(5-3-8)16-7-11(19)17-18-12(20)10-6-13(10,14)15/h2-5,10,16H,6-7H2,1H3,(H,17,19)(H,18,20). The SMILES string of the molecule is Cc1ccc(NCC(=O)NNC(=O)C2CC2(Cl)Cl)cc1. The van der Waals surface area contributed by atoms with Crippen molar-refractivity contribution in [1.82, 2.24) is 10.9 Å². The van der Waals surface area contributed by atoms with E-state index in [9.17, 15) is 9.59 Å². The van der Waals surface area contributed by atoms with Gasteiger partial charge in [-0.3, -0.25) is 20.4 Å². The van der Waals surface area contributed by atoms with Gasteiger partial charge in [0.1, 0.15) is 4.33 Å². The van der Waals surface area contributed by atoms with Crippen LogP contribution in [0, 0.1) is 12.8 Å². The molecule has 0 heterocycles. The first kappa shape index (κ1) is 14.9. The van der Waals surface area contributed by atoms with E-state index >= 15 is 0 Å². The Morgan fingerprint density at radius 3 is 2.40 bits per heavy atom. The number of hydrogen-bond donors (Lipinski definition) is 3. The summed E-state index contributed by atoms with van der Waals surface area (Å²) in [6, 6.07) is 7.63. The fourth-order valence-corrected chi connectivity index (χ4v) is 2.12. The molecule has 1 aromatic carbocycles. The Kier molecular flexibility index (Phi) is 4.40. The van der Waals surface area contributed by atoms with Gasteiger partial charge in [-0.2, -0.15) is 0 Å². The van der Waals surface area contributed by atoms with Gasteiger partial charge in [-0.25, -0.2) is 0 Å². The summed E-state index contributed by atoms with van der Waals surface area (Å²) in [7, 11) is 0. The van der Waals surface area contributed by atoms with Crippen LogP contribution in [0.1, 0.15) is 12.0 Å². The van der Waals surface area contributed by atoms with Crippen LogP contribution in [0.15, 0.2) is 24.3 Å². The Labute approximate surface area is 127 Å². The quantitative estimate of drug-likeness (QED) is 0.585. The van der Waals surface area contributed by atoms with Crippen molar-refractivity contribution in [2.24, 2.45) is 5.92 Å². The molecule has 108 valence electrons. The van der Waals surface area contributed by atoms with Crippen LogP contribution >= 0.6 is 23.2 Å². The highest BCUT2D eigenvalue weighted by atomic mass is 35.5. The lowest BCUT2D eigenvalue weighted by Gasteiger charge is -2.09. The molecule has 1 aliphatic rings. The zero-order chi connectivity index (χ0) is 14.8. The van der Waals surface area contributed by atoms with Crippen LogP contribution in [-0.2, 0) is 9.59 Å². The van der Waals surface area contributed by atoms with E-state index in [1.807, 2.05) is 31.2 Å². The van der Waals surface area contributed by atoms with E-state index in [0.717, 1.165) is 11.3 Å². The number of aryl methyl sites for hydroxylation is 1. The molecular formula is C13H15Cl2N3O2. The van der Waals surface area contributed by atoms with Crippen molar-refractivity contribution in [2.45, 2.75) is 17.7 Å². The van der Waals surface area contributed by atoms with Crippen LogP contribution in [0.3, 0.4) is 0 Å². The number of amides is 2. The molecule has 0 saturated heterocycles. The molecule has 5 nitrogen and oxygen atoms in total. The Hall–Kier alpha value is -1.46. The number of halogens is 2. The van der Waals surface area contributed by atoms with Gasteiger partial charge >= 0.3 is 0 Å². The van der Waals surface area contributed by atoms with Gasteiger partial charge in [-0.15, -0.1) is 23.2 Å². The van der Waals surface area contributed by atoms with Crippen LogP contribution < -0.4 is 16.2 Å². The molecule has 1 aromatic rings.